The predicted molar refractivity (Wildman–Crippen MR) is 73.0 cm³/mol. The fourth-order valence-electron chi connectivity index (χ4n) is 2.07. The van der Waals surface area contributed by atoms with Crippen LogP contribution in [0.4, 0.5) is 10.1 Å². The summed E-state index contributed by atoms with van der Waals surface area (Å²) in [6.45, 7) is 0.629. The highest BCUT2D eigenvalue weighted by Crippen LogP contribution is 2.34. The largest absolute Gasteiger partial charge is 0.306 e. The number of amides is 1. The lowest BCUT2D eigenvalue weighted by molar-refractivity contribution is 0.0987. The molecule has 96 valence electrons. The molecule has 0 saturated carbocycles. The van der Waals surface area contributed by atoms with Crippen LogP contribution in [-0.2, 0) is 0 Å². The molecule has 0 N–H and O–H groups in total. The van der Waals surface area contributed by atoms with E-state index in [1.165, 1.54) is 18.3 Å². The Balaban J connectivity index is 1.98. The van der Waals surface area contributed by atoms with Crippen LogP contribution >= 0.6 is 11.8 Å². The standard InChI is InChI=1S/C14H11FN2OS/c15-13-9-10(5-6-16-13)14(18)17-7-8-19-12-4-2-1-3-11(12)17/h1-6,9H,7-8H2. The van der Waals surface area contributed by atoms with Crippen LogP contribution in [0, 0.1) is 5.95 Å². The number of halogens is 1. The molecule has 1 aliphatic heterocycles. The van der Waals surface area contributed by atoms with E-state index in [9.17, 15) is 9.18 Å². The lowest BCUT2D eigenvalue weighted by Crippen LogP contribution is -2.35. The number of hydrogen-bond acceptors (Lipinski definition) is 3. The summed E-state index contributed by atoms with van der Waals surface area (Å²) in [4.78, 5) is 18.7. The van der Waals surface area contributed by atoms with Crippen molar-refractivity contribution in [1.29, 1.82) is 0 Å². The summed E-state index contributed by atoms with van der Waals surface area (Å²) in [6, 6.07) is 10.5. The molecule has 1 amide bonds. The van der Waals surface area contributed by atoms with Gasteiger partial charge in [0.2, 0.25) is 5.95 Å². The van der Waals surface area contributed by atoms with Crippen LogP contribution in [-0.4, -0.2) is 23.2 Å². The van der Waals surface area contributed by atoms with E-state index >= 15 is 0 Å². The quantitative estimate of drug-likeness (QED) is 0.750. The highest BCUT2D eigenvalue weighted by Gasteiger charge is 2.23. The van der Waals surface area contributed by atoms with E-state index in [1.807, 2.05) is 24.3 Å². The fourth-order valence-corrected chi connectivity index (χ4v) is 3.07. The molecule has 0 fully saturated rings. The summed E-state index contributed by atoms with van der Waals surface area (Å²) in [6.07, 6.45) is 1.31. The normalized spacial score (nSPS) is 14.1. The number of aromatic nitrogens is 1. The van der Waals surface area contributed by atoms with Gasteiger partial charge in [0.05, 0.1) is 5.69 Å². The molecule has 1 aromatic carbocycles. The second kappa shape index (κ2) is 5.01. The molecule has 0 atom stereocenters. The van der Waals surface area contributed by atoms with Gasteiger partial charge in [-0.15, -0.1) is 11.8 Å². The number of rotatable bonds is 1. The number of nitrogens with zero attached hydrogens (tertiary/aromatic N) is 2. The van der Waals surface area contributed by atoms with Crippen molar-refractivity contribution in [3.8, 4) is 0 Å². The van der Waals surface area contributed by atoms with Crippen molar-refractivity contribution in [3.63, 3.8) is 0 Å². The first kappa shape index (κ1) is 12.2. The van der Waals surface area contributed by atoms with Crippen molar-refractivity contribution < 1.29 is 9.18 Å². The molecule has 0 bridgehead atoms. The molecule has 0 radical (unpaired) electrons. The van der Waals surface area contributed by atoms with Crippen molar-refractivity contribution in [1.82, 2.24) is 4.98 Å². The van der Waals surface area contributed by atoms with E-state index in [0.29, 0.717) is 12.1 Å². The molecule has 2 heterocycles. The van der Waals surface area contributed by atoms with Gasteiger partial charge in [-0.2, -0.15) is 4.39 Å². The van der Waals surface area contributed by atoms with Crippen molar-refractivity contribution in [2.75, 3.05) is 17.2 Å². The summed E-state index contributed by atoms with van der Waals surface area (Å²) >= 11 is 1.73. The number of para-hydroxylation sites is 1. The third kappa shape index (κ3) is 2.33. The molecule has 5 heteroatoms. The first-order chi connectivity index (χ1) is 9.25. The highest BCUT2D eigenvalue weighted by atomic mass is 32.2. The summed E-state index contributed by atoms with van der Waals surface area (Å²) in [7, 11) is 0. The van der Waals surface area contributed by atoms with Gasteiger partial charge in [0.1, 0.15) is 0 Å². The minimum Gasteiger partial charge on any atom is -0.306 e. The van der Waals surface area contributed by atoms with Crippen LogP contribution in [0.5, 0.6) is 0 Å². The Morgan fingerprint density at radius 3 is 3.00 bits per heavy atom. The van der Waals surface area contributed by atoms with E-state index in [-0.39, 0.29) is 5.91 Å². The van der Waals surface area contributed by atoms with E-state index in [4.69, 9.17) is 0 Å². The molecule has 3 rings (SSSR count). The van der Waals surface area contributed by atoms with Crippen LogP contribution < -0.4 is 4.90 Å². The van der Waals surface area contributed by atoms with E-state index in [0.717, 1.165) is 16.3 Å². The van der Waals surface area contributed by atoms with Gasteiger partial charge in [-0.05, 0) is 18.2 Å². The Labute approximate surface area is 114 Å². The van der Waals surface area contributed by atoms with Crippen molar-refractivity contribution >= 4 is 23.4 Å². The molecule has 0 spiro atoms. The predicted octanol–water partition coefficient (Wildman–Crippen LogP) is 2.97. The zero-order valence-electron chi connectivity index (χ0n) is 10.0. The van der Waals surface area contributed by atoms with Gasteiger partial charge >= 0.3 is 0 Å². The molecule has 0 aliphatic carbocycles. The van der Waals surface area contributed by atoms with Crippen molar-refractivity contribution in [2.24, 2.45) is 0 Å². The number of benzene rings is 1. The number of fused-ring (bicyclic) bond motifs is 1. The summed E-state index contributed by atoms with van der Waals surface area (Å²) in [5, 5.41) is 0. The number of carbonyl (C=O) groups is 1. The van der Waals surface area contributed by atoms with Crippen molar-refractivity contribution in [2.45, 2.75) is 4.90 Å². The number of carbonyl (C=O) groups excluding carboxylic acids is 1. The number of pyridine rings is 1. The minimum absolute atomic E-state index is 0.186. The number of thioether (sulfide) groups is 1. The molecule has 2 aromatic rings. The molecule has 1 aliphatic rings. The maximum absolute atomic E-state index is 13.1. The van der Waals surface area contributed by atoms with Gasteiger partial charge in [0.15, 0.2) is 0 Å². The highest BCUT2D eigenvalue weighted by molar-refractivity contribution is 7.99. The minimum atomic E-state index is -0.634. The zero-order valence-corrected chi connectivity index (χ0v) is 10.9. The SMILES string of the molecule is O=C(c1ccnc(F)c1)N1CCSc2ccccc21. The maximum atomic E-state index is 13.1. The van der Waals surface area contributed by atoms with E-state index < -0.39 is 5.95 Å². The van der Waals surface area contributed by atoms with E-state index in [2.05, 4.69) is 4.98 Å². The molecule has 1 aromatic heterocycles. The Morgan fingerprint density at radius 2 is 2.16 bits per heavy atom. The number of anilines is 1. The zero-order chi connectivity index (χ0) is 13.2. The van der Waals surface area contributed by atoms with Gasteiger partial charge in [-0.25, -0.2) is 4.98 Å². The first-order valence-electron chi connectivity index (χ1n) is 5.91. The molecule has 0 saturated heterocycles. The Hall–Kier alpha value is -1.88. The topological polar surface area (TPSA) is 33.2 Å². The fraction of sp³-hybridized carbons (Fsp3) is 0.143. The Kier molecular flexibility index (Phi) is 3.21. The molecule has 3 nitrogen and oxygen atoms in total. The van der Waals surface area contributed by atoms with E-state index in [1.54, 1.807) is 16.7 Å². The second-order valence-electron chi connectivity index (χ2n) is 4.14. The third-order valence-corrected chi connectivity index (χ3v) is 3.99. The van der Waals surface area contributed by atoms with Gasteiger partial charge in [-0.3, -0.25) is 4.79 Å². The van der Waals surface area contributed by atoms with Crippen LogP contribution in [0.3, 0.4) is 0 Å². The average molecular weight is 274 g/mol. The summed E-state index contributed by atoms with van der Waals surface area (Å²) < 4.78 is 13.1. The lowest BCUT2D eigenvalue weighted by Gasteiger charge is -2.28. The smallest absolute Gasteiger partial charge is 0.258 e. The second-order valence-corrected chi connectivity index (χ2v) is 5.28. The average Bonchev–Trinajstić information content (AvgIpc) is 2.46. The van der Waals surface area contributed by atoms with Gasteiger partial charge < -0.3 is 4.90 Å². The van der Waals surface area contributed by atoms with Gasteiger partial charge in [-0.1, -0.05) is 12.1 Å². The third-order valence-electron chi connectivity index (χ3n) is 2.95. The molecule has 0 unspecified atom stereocenters. The molecular weight excluding hydrogens is 263 g/mol. The van der Waals surface area contributed by atoms with Gasteiger partial charge in [0, 0.05) is 35.0 Å². The van der Waals surface area contributed by atoms with Crippen LogP contribution in [0.2, 0.25) is 0 Å². The van der Waals surface area contributed by atoms with Crippen LogP contribution in [0.15, 0.2) is 47.5 Å². The van der Waals surface area contributed by atoms with Crippen molar-refractivity contribution in [3.05, 3.63) is 54.1 Å². The number of hydrogen-bond donors (Lipinski definition) is 0. The summed E-state index contributed by atoms with van der Waals surface area (Å²) in [5.74, 6) is 0.0237. The van der Waals surface area contributed by atoms with Crippen LogP contribution in [0.1, 0.15) is 10.4 Å². The molecule has 19 heavy (non-hydrogen) atoms. The van der Waals surface area contributed by atoms with Crippen LogP contribution in [0.25, 0.3) is 0 Å². The first-order valence-corrected chi connectivity index (χ1v) is 6.89. The monoisotopic (exact) mass is 274 g/mol. The summed E-state index contributed by atoms with van der Waals surface area (Å²) in [5.41, 5.74) is 1.22. The lowest BCUT2D eigenvalue weighted by atomic mass is 10.2. The van der Waals surface area contributed by atoms with Gasteiger partial charge in [0.25, 0.3) is 5.91 Å². The maximum Gasteiger partial charge on any atom is 0.258 e. The molecular formula is C14H11FN2OS. The Bertz CT molecular complexity index is 632. The Morgan fingerprint density at radius 1 is 1.32 bits per heavy atom.